The molecule has 1 aliphatic rings. The van der Waals surface area contributed by atoms with Crippen molar-refractivity contribution in [3.8, 4) is 0 Å². The van der Waals surface area contributed by atoms with Gasteiger partial charge in [-0.05, 0) is 25.2 Å². The van der Waals surface area contributed by atoms with Crippen LogP contribution in [-0.4, -0.2) is 30.1 Å². The van der Waals surface area contributed by atoms with Crippen molar-refractivity contribution >= 4 is 0 Å². The normalized spacial score (nSPS) is 18.8. The van der Waals surface area contributed by atoms with Gasteiger partial charge in [0.25, 0.3) is 0 Å². The summed E-state index contributed by atoms with van der Waals surface area (Å²) in [6.45, 7) is 8.95. The van der Waals surface area contributed by atoms with Crippen molar-refractivity contribution in [1.29, 1.82) is 0 Å². The predicted molar refractivity (Wildman–Crippen MR) is 66.9 cm³/mol. The van der Waals surface area contributed by atoms with Gasteiger partial charge in [-0.15, -0.1) is 0 Å². The zero-order valence-electron chi connectivity index (χ0n) is 10.7. The first-order chi connectivity index (χ1) is 7.19. The summed E-state index contributed by atoms with van der Waals surface area (Å²) in [6.07, 6.45) is 6.70. The van der Waals surface area contributed by atoms with Crippen molar-refractivity contribution in [1.82, 2.24) is 4.90 Å². The topological polar surface area (TPSA) is 29.3 Å². The van der Waals surface area contributed by atoms with Crippen molar-refractivity contribution < 1.29 is 0 Å². The second kappa shape index (κ2) is 6.49. The molecule has 0 aromatic rings. The maximum absolute atomic E-state index is 5.91. The summed E-state index contributed by atoms with van der Waals surface area (Å²) < 4.78 is 0. The summed E-state index contributed by atoms with van der Waals surface area (Å²) in [6, 6.07) is 1.50. The molecule has 1 fully saturated rings. The van der Waals surface area contributed by atoms with Crippen molar-refractivity contribution in [2.45, 2.75) is 65.0 Å². The van der Waals surface area contributed by atoms with Gasteiger partial charge in [0.2, 0.25) is 0 Å². The molecular weight excluding hydrogens is 184 g/mol. The summed E-state index contributed by atoms with van der Waals surface area (Å²) in [5.74, 6) is 0.765. The monoisotopic (exact) mass is 212 g/mol. The van der Waals surface area contributed by atoms with Crippen molar-refractivity contribution in [2.75, 3.05) is 13.1 Å². The Kier molecular flexibility index (Phi) is 5.62. The van der Waals surface area contributed by atoms with Crippen LogP contribution in [0.5, 0.6) is 0 Å². The summed E-state index contributed by atoms with van der Waals surface area (Å²) in [4.78, 5) is 2.68. The van der Waals surface area contributed by atoms with E-state index in [0.29, 0.717) is 6.04 Å². The standard InChI is InChI=1S/C13H28N2/c1-4-5-6-13(9-14)15(10-11(2)3)12-7-8-12/h11-13H,4-10,14H2,1-3H3. The van der Waals surface area contributed by atoms with E-state index < -0.39 is 0 Å². The molecule has 90 valence electrons. The average Bonchev–Trinajstić information content (AvgIpc) is 3.00. The number of rotatable bonds is 8. The highest BCUT2D eigenvalue weighted by Crippen LogP contribution is 2.30. The molecule has 2 heteroatoms. The Morgan fingerprint density at radius 3 is 2.40 bits per heavy atom. The molecule has 1 saturated carbocycles. The van der Waals surface area contributed by atoms with Gasteiger partial charge in [0.1, 0.15) is 0 Å². The molecule has 0 heterocycles. The Labute approximate surface area is 95.2 Å². The molecule has 1 rings (SSSR count). The summed E-state index contributed by atoms with van der Waals surface area (Å²) >= 11 is 0. The van der Waals surface area contributed by atoms with Crippen LogP contribution in [0.15, 0.2) is 0 Å². The number of unbranched alkanes of at least 4 members (excludes halogenated alkanes) is 1. The van der Waals surface area contributed by atoms with Gasteiger partial charge < -0.3 is 5.73 Å². The van der Waals surface area contributed by atoms with Crippen LogP contribution in [-0.2, 0) is 0 Å². The highest BCUT2D eigenvalue weighted by Gasteiger charge is 2.33. The van der Waals surface area contributed by atoms with E-state index in [0.717, 1.165) is 18.5 Å². The molecular formula is C13H28N2. The van der Waals surface area contributed by atoms with E-state index in [1.165, 1.54) is 38.6 Å². The quantitative estimate of drug-likeness (QED) is 0.670. The van der Waals surface area contributed by atoms with Gasteiger partial charge >= 0.3 is 0 Å². The minimum Gasteiger partial charge on any atom is -0.329 e. The van der Waals surface area contributed by atoms with E-state index in [1.54, 1.807) is 0 Å². The second-order valence-electron chi connectivity index (χ2n) is 5.35. The molecule has 0 saturated heterocycles. The summed E-state index contributed by atoms with van der Waals surface area (Å²) in [7, 11) is 0. The van der Waals surface area contributed by atoms with Gasteiger partial charge in [-0.25, -0.2) is 0 Å². The van der Waals surface area contributed by atoms with Crippen molar-refractivity contribution in [3.63, 3.8) is 0 Å². The van der Waals surface area contributed by atoms with Crippen LogP contribution in [0.4, 0.5) is 0 Å². The fourth-order valence-electron chi connectivity index (χ4n) is 2.28. The van der Waals surface area contributed by atoms with Gasteiger partial charge in [-0.1, -0.05) is 33.6 Å². The Morgan fingerprint density at radius 2 is 2.00 bits per heavy atom. The molecule has 0 spiro atoms. The van der Waals surface area contributed by atoms with Crippen LogP contribution in [0.2, 0.25) is 0 Å². The number of hydrogen-bond donors (Lipinski definition) is 1. The fraction of sp³-hybridized carbons (Fsp3) is 1.00. The van der Waals surface area contributed by atoms with E-state index in [9.17, 15) is 0 Å². The molecule has 0 aliphatic heterocycles. The molecule has 0 amide bonds. The van der Waals surface area contributed by atoms with Gasteiger partial charge in [0, 0.05) is 25.2 Å². The first-order valence-corrected chi connectivity index (χ1v) is 6.64. The molecule has 0 aromatic heterocycles. The Bertz CT molecular complexity index is 164. The van der Waals surface area contributed by atoms with E-state index >= 15 is 0 Å². The SMILES string of the molecule is CCCCC(CN)N(CC(C)C)C1CC1. The molecule has 0 aromatic carbocycles. The van der Waals surface area contributed by atoms with Crippen LogP contribution < -0.4 is 5.73 Å². The molecule has 1 unspecified atom stereocenters. The Hall–Kier alpha value is -0.0800. The molecule has 2 N–H and O–H groups in total. The van der Waals surface area contributed by atoms with Crippen molar-refractivity contribution in [3.05, 3.63) is 0 Å². The van der Waals surface area contributed by atoms with Crippen molar-refractivity contribution in [2.24, 2.45) is 11.7 Å². The number of nitrogens with two attached hydrogens (primary N) is 1. The number of nitrogens with zero attached hydrogens (tertiary/aromatic N) is 1. The zero-order valence-corrected chi connectivity index (χ0v) is 10.7. The number of hydrogen-bond acceptors (Lipinski definition) is 2. The lowest BCUT2D eigenvalue weighted by molar-refractivity contribution is 0.159. The van der Waals surface area contributed by atoms with E-state index in [1.807, 2.05) is 0 Å². The average molecular weight is 212 g/mol. The summed E-state index contributed by atoms with van der Waals surface area (Å²) in [5.41, 5.74) is 5.91. The minimum atomic E-state index is 0.639. The molecule has 1 aliphatic carbocycles. The predicted octanol–water partition coefficient (Wildman–Crippen LogP) is 2.62. The third kappa shape index (κ3) is 4.52. The van der Waals surface area contributed by atoms with Crippen LogP contribution in [0.3, 0.4) is 0 Å². The maximum Gasteiger partial charge on any atom is 0.0221 e. The van der Waals surface area contributed by atoms with Crippen LogP contribution in [0.1, 0.15) is 52.9 Å². The lowest BCUT2D eigenvalue weighted by Crippen LogP contribution is -2.44. The molecule has 15 heavy (non-hydrogen) atoms. The molecule has 0 bridgehead atoms. The van der Waals surface area contributed by atoms with Gasteiger partial charge in [-0.2, -0.15) is 0 Å². The van der Waals surface area contributed by atoms with Gasteiger partial charge in [0.15, 0.2) is 0 Å². The van der Waals surface area contributed by atoms with Crippen LogP contribution in [0, 0.1) is 5.92 Å². The lowest BCUT2D eigenvalue weighted by atomic mass is 10.1. The second-order valence-corrected chi connectivity index (χ2v) is 5.35. The molecule has 0 radical (unpaired) electrons. The molecule has 2 nitrogen and oxygen atoms in total. The van der Waals surface area contributed by atoms with Crippen LogP contribution >= 0.6 is 0 Å². The largest absolute Gasteiger partial charge is 0.329 e. The maximum atomic E-state index is 5.91. The Balaban J connectivity index is 2.42. The highest BCUT2D eigenvalue weighted by molar-refractivity contribution is 4.89. The van der Waals surface area contributed by atoms with Gasteiger partial charge in [-0.3, -0.25) is 4.90 Å². The minimum absolute atomic E-state index is 0.639. The van der Waals surface area contributed by atoms with E-state index in [-0.39, 0.29) is 0 Å². The first kappa shape index (κ1) is 13.0. The van der Waals surface area contributed by atoms with Crippen LogP contribution in [0.25, 0.3) is 0 Å². The smallest absolute Gasteiger partial charge is 0.0221 e. The lowest BCUT2D eigenvalue weighted by Gasteiger charge is -2.32. The summed E-state index contributed by atoms with van der Waals surface area (Å²) in [5, 5.41) is 0. The third-order valence-electron chi connectivity index (χ3n) is 3.22. The molecule has 1 atom stereocenters. The Morgan fingerprint density at radius 1 is 1.33 bits per heavy atom. The van der Waals surface area contributed by atoms with E-state index in [4.69, 9.17) is 5.73 Å². The highest BCUT2D eigenvalue weighted by atomic mass is 15.2. The third-order valence-corrected chi connectivity index (χ3v) is 3.22. The van der Waals surface area contributed by atoms with Gasteiger partial charge in [0.05, 0.1) is 0 Å². The first-order valence-electron chi connectivity index (χ1n) is 6.64. The fourth-order valence-corrected chi connectivity index (χ4v) is 2.28. The zero-order chi connectivity index (χ0) is 11.3. The van der Waals surface area contributed by atoms with E-state index in [2.05, 4.69) is 25.7 Å².